The fourth-order valence-electron chi connectivity index (χ4n) is 4.65. The Bertz CT molecular complexity index is 1170. The third-order valence-corrected chi connectivity index (χ3v) is 6.16. The lowest BCUT2D eigenvalue weighted by molar-refractivity contribution is -0.143. The largest absolute Gasteiger partial charge is 0.497 e. The molecule has 1 atom stereocenters. The van der Waals surface area contributed by atoms with Gasteiger partial charge in [-0.2, -0.15) is 0 Å². The maximum Gasteiger partial charge on any atom is 0.325 e. The molecule has 1 heterocycles. The van der Waals surface area contributed by atoms with Gasteiger partial charge in [0.25, 0.3) is 0 Å². The average Bonchev–Trinajstić information content (AvgIpc) is 3.10. The Kier molecular flexibility index (Phi) is 6.96. The molecule has 7 heteroatoms. The average molecular weight is 453 g/mol. The van der Waals surface area contributed by atoms with Gasteiger partial charge in [0, 0.05) is 29.1 Å². The first-order chi connectivity index (χ1) is 16.0. The van der Waals surface area contributed by atoms with E-state index in [9.17, 15) is 14.0 Å². The highest BCUT2D eigenvalue weighted by Gasteiger charge is 2.27. The van der Waals surface area contributed by atoms with Crippen LogP contribution in [0.2, 0.25) is 0 Å². The van der Waals surface area contributed by atoms with Gasteiger partial charge in [0.1, 0.15) is 18.1 Å². The van der Waals surface area contributed by atoms with Crippen LogP contribution in [0.1, 0.15) is 36.6 Å². The first-order valence-corrected chi connectivity index (χ1v) is 11.4. The number of ether oxygens (including phenoxy) is 2. The van der Waals surface area contributed by atoms with Crippen LogP contribution in [0.3, 0.4) is 0 Å². The number of halogens is 1. The van der Waals surface area contributed by atoms with Crippen LogP contribution in [0.4, 0.5) is 4.39 Å². The van der Waals surface area contributed by atoms with E-state index < -0.39 is 0 Å². The second kappa shape index (κ2) is 10.1. The Morgan fingerprint density at radius 2 is 2.06 bits per heavy atom. The second-order valence-electron chi connectivity index (χ2n) is 8.34. The number of aromatic nitrogens is 1. The Hall–Kier alpha value is -3.35. The molecule has 1 aromatic heterocycles. The molecular weight excluding hydrogens is 423 g/mol. The van der Waals surface area contributed by atoms with Crippen LogP contribution >= 0.6 is 0 Å². The molecule has 0 aliphatic heterocycles. The summed E-state index contributed by atoms with van der Waals surface area (Å²) in [4.78, 5) is 24.8. The minimum atomic E-state index is -0.317. The van der Waals surface area contributed by atoms with Crippen molar-refractivity contribution in [3.63, 3.8) is 0 Å². The number of benzene rings is 2. The van der Waals surface area contributed by atoms with Crippen molar-refractivity contribution in [2.24, 2.45) is 0 Å². The van der Waals surface area contributed by atoms with Gasteiger partial charge >= 0.3 is 5.97 Å². The first kappa shape index (κ1) is 22.8. The van der Waals surface area contributed by atoms with E-state index in [-0.39, 0.29) is 30.3 Å². The van der Waals surface area contributed by atoms with Crippen LogP contribution < -0.4 is 10.1 Å². The van der Waals surface area contributed by atoms with Gasteiger partial charge in [-0.15, -0.1) is 0 Å². The zero-order valence-corrected chi connectivity index (χ0v) is 19.0. The fourth-order valence-corrected chi connectivity index (χ4v) is 4.65. The van der Waals surface area contributed by atoms with Crippen LogP contribution in [0, 0.1) is 5.82 Å². The van der Waals surface area contributed by atoms with E-state index in [2.05, 4.69) is 5.32 Å². The molecule has 1 aliphatic carbocycles. The van der Waals surface area contributed by atoms with Gasteiger partial charge in [-0.05, 0) is 74.1 Å². The lowest BCUT2D eigenvalue weighted by atomic mass is 9.91. The number of methoxy groups -OCH3 is 1. The quantitative estimate of drug-likeness (QED) is 0.526. The minimum absolute atomic E-state index is 0.00675. The van der Waals surface area contributed by atoms with Gasteiger partial charge in [0.05, 0.1) is 13.7 Å². The molecule has 1 aliphatic rings. The molecule has 0 saturated carbocycles. The van der Waals surface area contributed by atoms with Crippen molar-refractivity contribution in [1.29, 1.82) is 0 Å². The molecule has 1 amide bonds. The third kappa shape index (κ3) is 5.18. The van der Waals surface area contributed by atoms with Crippen molar-refractivity contribution in [1.82, 2.24) is 9.88 Å². The van der Waals surface area contributed by atoms with Gasteiger partial charge in [0.15, 0.2) is 0 Å². The summed E-state index contributed by atoms with van der Waals surface area (Å²) >= 11 is 0. The predicted molar refractivity (Wildman–Crippen MR) is 124 cm³/mol. The number of rotatable bonds is 8. The number of hydrogen-bond acceptors (Lipinski definition) is 4. The summed E-state index contributed by atoms with van der Waals surface area (Å²) in [6, 6.07) is 12.3. The maximum atomic E-state index is 14.0. The number of nitrogens with zero attached hydrogens (tertiary/aromatic N) is 1. The maximum absolute atomic E-state index is 14.0. The van der Waals surface area contributed by atoms with Crippen molar-refractivity contribution < 1.29 is 23.5 Å². The van der Waals surface area contributed by atoms with Crippen molar-refractivity contribution in [2.75, 3.05) is 13.7 Å². The van der Waals surface area contributed by atoms with E-state index in [0.29, 0.717) is 32.3 Å². The number of hydrogen-bond donors (Lipinski definition) is 1. The van der Waals surface area contributed by atoms with Gasteiger partial charge < -0.3 is 19.4 Å². The molecular formula is C26H29FN2O4. The van der Waals surface area contributed by atoms with Gasteiger partial charge in [-0.25, -0.2) is 4.39 Å². The van der Waals surface area contributed by atoms with Crippen molar-refractivity contribution in [3.05, 3.63) is 65.1 Å². The summed E-state index contributed by atoms with van der Waals surface area (Å²) in [5.74, 6) is 0.143. The Morgan fingerprint density at radius 1 is 1.21 bits per heavy atom. The highest BCUT2D eigenvalue weighted by atomic mass is 19.1. The molecule has 0 bridgehead atoms. The van der Waals surface area contributed by atoms with Crippen molar-refractivity contribution in [2.45, 2.75) is 51.6 Å². The van der Waals surface area contributed by atoms with Gasteiger partial charge in [-0.3, -0.25) is 9.59 Å². The molecule has 1 N–H and O–H groups in total. The fraction of sp³-hybridized carbons (Fsp3) is 0.385. The number of carbonyl (C=O) groups excluding carboxylic acids is 2. The van der Waals surface area contributed by atoms with E-state index in [1.165, 1.54) is 12.1 Å². The van der Waals surface area contributed by atoms with Gasteiger partial charge in [0.2, 0.25) is 5.91 Å². The predicted octanol–water partition coefficient (Wildman–Crippen LogP) is 3.96. The van der Waals surface area contributed by atoms with Crippen LogP contribution in [-0.4, -0.2) is 36.2 Å². The standard InChI is InChI=1S/C26H29FN2O4/c1-3-33-26(31)16-29-23-10-8-18(27)14-21(23)22-15-19(9-11-24(22)29)28-25(30)12-7-17-5-4-6-20(13-17)32-2/h4-6,8,10,13-14,19H,3,7,9,11-12,15-16H2,1-2H3,(H,28,30). The number of nitrogens with one attached hydrogen (secondary N) is 1. The molecule has 0 radical (unpaired) electrons. The molecule has 174 valence electrons. The molecule has 1 unspecified atom stereocenters. The second-order valence-corrected chi connectivity index (χ2v) is 8.34. The van der Waals surface area contributed by atoms with Crippen LogP contribution in [0.5, 0.6) is 5.75 Å². The summed E-state index contributed by atoms with van der Waals surface area (Å²) in [5, 5.41) is 3.94. The summed E-state index contributed by atoms with van der Waals surface area (Å²) in [6.07, 6.45) is 3.09. The number of fused-ring (bicyclic) bond motifs is 3. The van der Waals surface area contributed by atoms with E-state index in [1.54, 1.807) is 20.1 Å². The van der Waals surface area contributed by atoms with Crippen LogP contribution in [0.25, 0.3) is 10.9 Å². The smallest absolute Gasteiger partial charge is 0.325 e. The molecule has 2 aromatic carbocycles. The van der Waals surface area contributed by atoms with Gasteiger partial charge in [-0.1, -0.05) is 12.1 Å². The topological polar surface area (TPSA) is 69.6 Å². The van der Waals surface area contributed by atoms with Crippen LogP contribution in [0.15, 0.2) is 42.5 Å². The van der Waals surface area contributed by atoms with E-state index in [0.717, 1.165) is 39.9 Å². The molecule has 6 nitrogen and oxygen atoms in total. The highest BCUT2D eigenvalue weighted by Crippen LogP contribution is 2.33. The molecule has 0 saturated heterocycles. The number of carbonyl (C=O) groups is 2. The SMILES string of the molecule is CCOC(=O)Cn1c2c(c3cc(F)ccc31)CC(NC(=O)CCc1cccc(OC)c1)CC2. The first-order valence-electron chi connectivity index (χ1n) is 11.4. The highest BCUT2D eigenvalue weighted by molar-refractivity contribution is 5.87. The summed E-state index contributed by atoms with van der Waals surface area (Å²) < 4.78 is 26.3. The lowest BCUT2D eigenvalue weighted by Crippen LogP contribution is -2.39. The van der Waals surface area contributed by atoms with Crippen molar-refractivity contribution >= 4 is 22.8 Å². The Morgan fingerprint density at radius 3 is 2.85 bits per heavy atom. The number of esters is 1. The molecule has 0 fully saturated rings. The monoisotopic (exact) mass is 452 g/mol. The molecule has 33 heavy (non-hydrogen) atoms. The zero-order valence-electron chi connectivity index (χ0n) is 19.0. The normalized spacial score (nSPS) is 15.2. The van der Waals surface area contributed by atoms with Crippen LogP contribution in [-0.2, 0) is 40.1 Å². The molecule has 3 aromatic rings. The summed E-state index contributed by atoms with van der Waals surface area (Å²) in [6.45, 7) is 2.19. The molecule has 4 rings (SSSR count). The Balaban J connectivity index is 1.47. The summed E-state index contributed by atoms with van der Waals surface area (Å²) in [5.41, 5.74) is 3.89. The zero-order chi connectivity index (χ0) is 23.4. The summed E-state index contributed by atoms with van der Waals surface area (Å²) in [7, 11) is 1.62. The Labute approximate surface area is 192 Å². The third-order valence-electron chi connectivity index (χ3n) is 6.16. The number of amides is 1. The van der Waals surface area contributed by atoms with Crippen molar-refractivity contribution in [3.8, 4) is 5.75 Å². The van der Waals surface area contributed by atoms with E-state index in [1.807, 2.05) is 28.8 Å². The minimum Gasteiger partial charge on any atom is -0.497 e. The molecule has 0 spiro atoms. The van der Waals surface area contributed by atoms with E-state index in [4.69, 9.17) is 9.47 Å². The lowest BCUT2D eigenvalue weighted by Gasteiger charge is -2.25. The van der Waals surface area contributed by atoms with E-state index >= 15 is 0 Å². The number of aryl methyl sites for hydroxylation is 1.